The highest BCUT2D eigenvalue weighted by molar-refractivity contribution is 4.92. The van der Waals surface area contributed by atoms with Gasteiger partial charge in [-0.05, 0) is 32.6 Å². The van der Waals surface area contributed by atoms with Crippen LogP contribution in [0.3, 0.4) is 0 Å². The highest BCUT2D eigenvalue weighted by Crippen LogP contribution is 2.31. The van der Waals surface area contributed by atoms with Gasteiger partial charge in [0.1, 0.15) is 0 Å². The smallest absolute Gasteiger partial charge is 0.0131 e. The van der Waals surface area contributed by atoms with Crippen LogP contribution in [0.25, 0.3) is 0 Å². The van der Waals surface area contributed by atoms with Gasteiger partial charge in [0.2, 0.25) is 0 Å². The largest absolute Gasteiger partial charge is 0.312 e. The number of hydrogen-bond donors (Lipinski definition) is 2. The Morgan fingerprint density at radius 1 is 1.08 bits per heavy atom. The van der Waals surface area contributed by atoms with Gasteiger partial charge in [-0.1, -0.05) is 13.8 Å². The van der Waals surface area contributed by atoms with Gasteiger partial charge in [-0.15, -0.1) is 0 Å². The highest BCUT2D eigenvalue weighted by Gasteiger charge is 2.33. The van der Waals surface area contributed by atoms with Gasteiger partial charge in [-0.25, -0.2) is 0 Å². The van der Waals surface area contributed by atoms with Crippen molar-refractivity contribution >= 4 is 0 Å². The molecule has 2 heteroatoms. The van der Waals surface area contributed by atoms with E-state index in [9.17, 15) is 0 Å². The van der Waals surface area contributed by atoms with Crippen LogP contribution in [0.1, 0.15) is 41.0 Å². The minimum Gasteiger partial charge on any atom is -0.312 e. The zero-order chi connectivity index (χ0) is 10.1. The third-order valence-corrected chi connectivity index (χ3v) is 3.25. The summed E-state index contributed by atoms with van der Waals surface area (Å²) in [5.41, 5.74) is 0.650. The van der Waals surface area contributed by atoms with Gasteiger partial charge in [0.15, 0.2) is 0 Å². The van der Waals surface area contributed by atoms with Crippen molar-refractivity contribution in [1.82, 2.24) is 10.6 Å². The zero-order valence-corrected chi connectivity index (χ0v) is 9.70. The Balaban J connectivity index is 2.70. The summed E-state index contributed by atoms with van der Waals surface area (Å²) in [7, 11) is 0. The van der Waals surface area contributed by atoms with E-state index < -0.39 is 0 Å². The lowest BCUT2D eigenvalue weighted by Gasteiger charge is -2.42. The first kappa shape index (κ1) is 11.0. The molecule has 2 N–H and O–H groups in total. The van der Waals surface area contributed by atoms with E-state index in [1.165, 1.54) is 6.42 Å². The molecule has 0 aromatic carbocycles. The molecule has 78 valence electrons. The molecule has 0 radical (unpaired) electrons. The summed E-state index contributed by atoms with van der Waals surface area (Å²) >= 11 is 0. The summed E-state index contributed by atoms with van der Waals surface area (Å²) < 4.78 is 0. The Morgan fingerprint density at radius 3 is 2.31 bits per heavy atom. The van der Waals surface area contributed by atoms with Crippen LogP contribution in [0.15, 0.2) is 0 Å². The molecular formula is C11H24N2. The molecule has 1 rings (SSSR count). The molecule has 2 nitrogen and oxygen atoms in total. The van der Waals surface area contributed by atoms with Gasteiger partial charge in [-0.2, -0.15) is 0 Å². The molecular weight excluding hydrogens is 160 g/mol. The van der Waals surface area contributed by atoms with Crippen molar-refractivity contribution in [3.8, 4) is 0 Å². The van der Waals surface area contributed by atoms with E-state index in [1.54, 1.807) is 0 Å². The third-order valence-electron chi connectivity index (χ3n) is 3.25. The Kier molecular flexibility index (Phi) is 3.03. The minimum atomic E-state index is 0.278. The summed E-state index contributed by atoms with van der Waals surface area (Å²) in [5, 5.41) is 7.12. The molecule has 13 heavy (non-hydrogen) atoms. The predicted molar refractivity (Wildman–Crippen MR) is 57.9 cm³/mol. The summed E-state index contributed by atoms with van der Waals surface area (Å²) in [6.07, 6.45) is 1.22. The normalized spacial score (nSPS) is 33.5. The second-order valence-electron chi connectivity index (χ2n) is 5.65. The van der Waals surface area contributed by atoms with Gasteiger partial charge >= 0.3 is 0 Å². The molecule has 0 bridgehead atoms. The van der Waals surface area contributed by atoms with Crippen molar-refractivity contribution < 1.29 is 0 Å². The van der Waals surface area contributed by atoms with Crippen LogP contribution in [0.5, 0.6) is 0 Å². The Bertz CT molecular complexity index is 173. The minimum absolute atomic E-state index is 0.278. The van der Waals surface area contributed by atoms with E-state index in [1.807, 2.05) is 0 Å². The standard InChI is InChI=1S/C11H24N2/c1-9-10(2,3)8-11(4,5)13-7-6-12-9/h9,12-13H,6-8H2,1-5H3. The van der Waals surface area contributed by atoms with Crippen molar-refractivity contribution in [3.63, 3.8) is 0 Å². The van der Waals surface area contributed by atoms with E-state index in [0.717, 1.165) is 13.1 Å². The molecule has 0 spiro atoms. The first-order chi connectivity index (χ1) is 5.83. The molecule has 0 aromatic rings. The van der Waals surface area contributed by atoms with Crippen LogP contribution in [-0.4, -0.2) is 24.7 Å². The zero-order valence-electron chi connectivity index (χ0n) is 9.70. The number of rotatable bonds is 0. The van der Waals surface area contributed by atoms with Crippen molar-refractivity contribution in [2.75, 3.05) is 13.1 Å². The predicted octanol–water partition coefficient (Wildman–Crippen LogP) is 1.76. The average molecular weight is 184 g/mol. The lowest BCUT2D eigenvalue weighted by molar-refractivity contribution is 0.154. The molecule has 0 amide bonds. The topological polar surface area (TPSA) is 24.1 Å². The SMILES string of the molecule is CC1NCCNC(C)(C)CC1(C)C. The second kappa shape index (κ2) is 3.58. The molecule has 0 saturated carbocycles. The Hall–Kier alpha value is -0.0800. The fourth-order valence-electron chi connectivity index (χ4n) is 2.32. The van der Waals surface area contributed by atoms with Gasteiger partial charge in [0.25, 0.3) is 0 Å². The van der Waals surface area contributed by atoms with Crippen molar-refractivity contribution in [2.24, 2.45) is 5.41 Å². The maximum atomic E-state index is 3.57. The monoisotopic (exact) mass is 184 g/mol. The summed E-state index contributed by atoms with van der Waals surface area (Å²) in [4.78, 5) is 0. The van der Waals surface area contributed by atoms with E-state index in [2.05, 4.69) is 45.3 Å². The molecule has 0 aromatic heterocycles. The third kappa shape index (κ3) is 2.96. The first-order valence-corrected chi connectivity index (χ1v) is 5.32. The molecule has 1 saturated heterocycles. The van der Waals surface area contributed by atoms with Crippen molar-refractivity contribution in [1.29, 1.82) is 0 Å². The van der Waals surface area contributed by atoms with E-state index in [-0.39, 0.29) is 5.54 Å². The quantitative estimate of drug-likeness (QED) is 0.599. The van der Waals surface area contributed by atoms with E-state index in [4.69, 9.17) is 0 Å². The van der Waals surface area contributed by atoms with Crippen LogP contribution in [0.4, 0.5) is 0 Å². The molecule has 1 unspecified atom stereocenters. The van der Waals surface area contributed by atoms with Crippen LogP contribution in [-0.2, 0) is 0 Å². The fraction of sp³-hybridized carbons (Fsp3) is 1.00. The molecule has 1 fully saturated rings. The first-order valence-electron chi connectivity index (χ1n) is 5.32. The van der Waals surface area contributed by atoms with Crippen molar-refractivity contribution in [3.05, 3.63) is 0 Å². The average Bonchev–Trinajstić information content (AvgIpc) is 1.94. The van der Waals surface area contributed by atoms with Gasteiger partial charge < -0.3 is 10.6 Å². The van der Waals surface area contributed by atoms with Gasteiger partial charge in [0, 0.05) is 24.7 Å². The molecule has 1 aliphatic rings. The van der Waals surface area contributed by atoms with Crippen molar-refractivity contribution in [2.45, 2.75) is 52.6 Å². The Labute approximate surface area is 82.5 Å². The highest BCUT2D eigenvalue weighted by atomic mass is 15.0. The molecule has 0 aliphatic carbocycles. The van der Waals surface area contributed by atoms with Gasteiger partial charge in [0.05, 0.1) is 0 Å². The lowest BCUT2D eigenvalue weighted by atomic mass is 9.74. The lowest BCUT2D eigenvalue weighted by Crippen LogP contribution is -2.54. The maximum Gasteiger partial charge on any atom is 0.0131 e. The summed E-state index contributed by atoms with van der Waals surface area (Å²) in [6.45, 7) is 13.7. The van der Waals surface area contributed by atoms with Crippen LogP contribution >= 0.6 is 0 Å². The van der Waals surface area contributed by atoms with E-state index >= 15 is 0 Å². The Morgan fingerprint density at radius 2 is 1.69 bits per heavy atom. The van der Waals surface area contributed by atoms with Crippen LogP contribution < -0.4 is 10.6 Å². The van der Waals surface area contributed by atoms with Gasteiger partial charge in [-0.3, -0.25) is 0 Å². The number of nitrogens with one attached hydrogen (secondary N) is 2. The fourth-order valence-corrected chi connectivity index (χ4v) is 2.32. The van der Waals surface area contributed by atoms with Crippen LogP contribution in [0.2, 0.25) is 0 Å². The molecule has 1 atom stereocenters. The summed E-state index contributed by atoms with van der Waals surface area (Å²) in [5.74, 6) is 0. The molecule has 1 aliphatic heterocycles. The van der Waals surface area contributed by atoms with E-state index in [0.29, 0.717) is 11.5 Å². The summed E-state index contributed by atoms with van der Waals surface area (Å²) in [6, 6.07) is 0.605. The maximum absolute atomic E-state index is 3.57. The molecule has 1 heterocycles. The second-order valence-corrected chi connectivity index (χ2v) is 5.65. The van der Waals surface area contributed by atoms with Crippen LogP contribution in [0, 0.1) is 5.41 Å². The number of hydrogen-bond acceptors (Lipinski definition) is 2.